The zero-order valence-electron chi connectivity index (χ0n) is 15.6. The summed E-state index contributed by atoms with van der Waals surface area (Å²) in [6.45, 7) is 6.35. The van der Waals surface area contributed by atoms with E-state index in [0.29, 0.717) is 17.3 Å². The van der Waals surface area contributed by atoms with Crippen molar-refractivity contribution >= 4 is 10.0 Å². The number of aromatic nitrogens is 1. The SMILES string of the molecule is Cc1ccc(S(=O)(=O)N2CCCC[C@H]2c2cccnc2OC(C)C)cc1. The molecule has 1 aromatic carbocycles. The molecule has 0 amide bonds. The minimum atomic E-state index is -3.57. The van der Waals surface area contributed by atoms with Crippen LogP contribution < -0.4 is 4.74 Å². The van der Waals surface area contributed by atoms with Crippen molar-refractivity contribution < 1.29 is 13.2 Å². The molecular weight excluding hydrogens is 348 g/mol. The van der Waals surface area contributed by atoms with E-state index in [4.69, 9.17) is 4.74 Å². The molecule has 2 aromatic rings. The zero-order valence-corrected chi connectivity index (χ0v) is 16.4. The van der Waals surface area contributed by atoms with E-state index >= 15 is 0 Å². The molecule has 26 heavy (non-hydrogen) atoms. The van der Waals surface area contributed by atoms with Crippen molar-refractivity contribution in [2.75, 3.05) is 6.54 Å². The topological polar surface area (TPSA) is 59.5 Å². The van der Waals surface area contributed by atoms with Gasteiger partial charge in [-0.3, -0.25) is 0 Å². The number of hydrogen-bond acceptors (Lipinski definition) is 4. The first kappa shape index (κ1) is 18.9. The average Bonchev–Trinajstić information content (AvgIpc) is 2.62. The molecule has 0 radical (unpaired) electrons. The highest BCUT2D eigenvalue weighted by Crippen LogP contribution is 2.38. The molecule has 2 heterocycles. The summed E-state index contributed by atoms with van der Waals surface area (Å²) >= 11 is 0. The van der Waals surface area contributed by atoms with E-state index in [1.54, 1.807) is 22.6 Å². The highest BCUT2D eigenvalue weighted by atomic mass is 32.2. The van der Waals surface area contributed by atoms with Crippen molar-refractivity contribution in [1.29, 1.82) is 0 Å². The lowest BCUT2D eigenvalue weighted by Crippen LogP contribution is -2.38. The van der Waals surface area contributed by atoms with Crippen LogP contribution >= 0.6 is 0 Å². The number of rotatable bonds is 5. The Kier molecular flexibility index (Phi) is 5.63. The van der Waals surface area contributed by atoms with Crippen LogP contribution in [0, 0.1) is 6.92 Å². The Morgan fingerprint density at radius 2 is 1.88 bits per heavy atom. The molecule has 1 atom stereocenters. The number of nitrogens with zero attached hydrogens (tertiary/aromatic N) is 2. The number of sulfonamides is 1. The Morgan fingerprint density at radius 3 is 2.58 bits per heavy atom. The molecule has 1 saturated heterocycles. The van der Waals surface area contributed by atoms with E-state index in [1.807, 2.05) is 45.0 Å². The standard InChI is InChI=1S/C20H26N2O3S/c1-15(2)25-20-18(7-6-13-21-20)19-8-4-5-14-22(19)26(23,24)17-11-9-16(3)10-12-17/h6-7,9-13,15,19H,4-5,8,14H2,1-3H3/t19-/m0/s1. The first-order valence-corrected chi connectivity index (χ1v) is 10.5. The largest absolute Gasteiger partial charge is 0.475 e. The summed E-state index contributed by atoms with van der Waals surface area (Å²) in [6, 6.07) is 10.6. The Bertz CT molecular complexity index is 848. The summed E-state index contributed by atoms with van der Waals surface area (Å²) in [6.07, 6.45) is 4.28. The Morgan fingerprint density at radius 1 is 1.15 bits per heavy atom. The summed E-state index contributed by atoms with van der Waals surface area (Å²) in [4.78, 5) is 4.69. The molecule has 6 heteroatoms. The van der Waals surface area contributed by atoms with Crippen molar-refractivity contribution in [2.24, 2.45) is 0 Å². The van der Waals surface area contributed by atoms with Crippen molar-refractivity contribution in [3.05, 3.63) is 53.7 Å². The van der Waals surface area contributed by atoms with Crippen LogP contribution in [0.3, 0.4) is 0 Å². The molecule has 0 spiro atoms. The van der Waals surface area contributed by atoms with E-state index in [9.17, 15) is 8.42 Å². The van der Waals surface area contributed by atoms with Crippen LogP contribution in [-0.2, 0) is 10.0 Å². The maximum Gasteiger partial charge on any atom is 0.243 e. The third-order valence-electron chi connectivity index (χ3n) is 4.59. The second kappa shape index (κ2) is 7.76. The normalized spacial score (nSPS) is 18.8. The van der Waals surface area contributed by atoms with Crippen LogP contribution in [0.1, 0.15) is 50.3 Å². The quantitative estimate of drug-likeness (QED) is 0.791. The highest BCUT2D eigenvalue weighted by Gasteiger charge is 2.36. The molecule has 5 nitrogen and oxygen atoms in total. The maximum atomic E-state index is 13.3. The van der Waals surface area contributed by atoms with Gasteiger partial charge in [-0.2, -0.15) is 4.31 Å². The minimum absolute atomic E-state index is 0.0191. The van der Waals surface area contributed by atoms with Gasteiger partial charge >= 0.3 is 0 Å². The molecule has 3 rings (SSSR count). The first-order chi connectivity index (χ1) is 12.4. The summed E-state index contributed by atoms with van der Waals surface area (Å²) in [5.74, 6) is 0.526. The van der Waals surface area contributed by atoms with Crippen molar-refractivity contribution in [3.63, 3.8) is 0 Å². The number of benzene rings is 1. The third kappa shape index (κ3) is 3.91. The van der Waals surface area contributed by atoms with Gasteiger partial charge in [0.2, 0.25) is 15.9 Å². The minimum Gasteiger partial charge on any atom is -0.475 e. The third-order valence-corrected chi connectivity index (χ3v) is 6.51. The van der Waals surface area contributed by atoms with Gasteiger partial charge in [-0.1, -0.05) is 30.2 Å². The van der Waals surface area contributed by atoms with Gasteiger partial charge in [-0.25, -0.2) is 13.4 Å². The number of pyridine rings is 1. The van der Waals surface area contributed by atoms with Gasteiger partial charge in [0.05, 0.1) is 17.0 Å². The fourth-order valence-electron chi connectivity index (χ4n) is 3.33. The van der Waals surface area contributed by atoms with Crippen LogP contribution in [0.2, 0.25) is 0 Å². The van der Waals surface area contributed by atoms with Gasteiger partial charge in [0.1, 0.15) is 0 Å². The van der Waals surface area contributed by atoms with E-state index in [1.165, 1.54) is 0 Å². The molecule has 1 aliphatic heterocycles. The van der Waals surface area contributed by atoms with Crippen LogP contribution in [0.5, 0.6) is 5.88 Å². The average molecular weight is 375 g/mol. The van der Waals surface area contributed by atoms with Crippen LogP contribution in [-0.4, -0.2) is 30.4 Å². The second-order valence-electron chi connectivity index (χ2n) is 7.00. The van der Waals surface area contributed by atoms with Crippen molar-refractivity contribution in [2.45, 2.75) is 57.1 Å². The first-order valence-electron chi connectivity index (χ1n) is 9.09. The summed E-state index contributed by atoms with van der Waals surface area (Å²) in [5, 5.41) is 0. The van der Waals surface area contributed by atoms with Gasteiger partial charge in [0, 0.05) is 18.3 Å². The Labute approximate surface area is 156 Å². The molecule has 1 fully saturated rings. The van der Waals surface area contributed by atoms with Crippen molar-refractivity contribution in [3.8, 4) is 5.88 Å². The summed E-state index contributed by atoms with van der Waals surface area (Å²) in [5.41, 5.74) is 1.88. The monoisotopic (exact) mass is 374 g/mol. The van der Waals surface area contributed by atoms with Gasteiger partial charge in [0.25, 0.3) is 0 Å². The molecule has 140 valence electrons. The molecule has 0 bridgehead atoms. The highest BCUT2D eigenvalue weighted by molar-refractivity contribution is 7.89. The van der Waals surface area contributed by atoms with Gasteiger partial charge < -0.3 is 4.74 Å². The number of ether oxygens (including phenoxy) is 1. The number of hydrogen-bond donors (Lipinski definition) is 0. The zero-order chi connectivity index (χ0) is 18.7. The lowest BCUT2D eigenvalue weighted by Gasteiger charge is -2.35. The maximum absolute atomic E-state index is 13.3. The lowest BCUT2D eigenvalue weighted by atomic mass is 9.98. The smallest absolute Gasteiger partial charge is 0.243 e. The van der Waals surface area contributed by atoms with E-state index in [0.717, 1.165) is 30.4 Å². The van der Waals surface area contributed by atoms with Crippen LogP contribution in [0.25, 0.3) is 0 Å². The Balaban J connectivity index is 2.00. The lowest BCUT2D eigenvalue weighted by molar-refractivity contribution is 0.211. The Hall–Kier alpha value is -1.92. The molecular formula is C20H26N2O3S. The predicted octanol–water partition coefficient (Wildman–Crippen LogP) is 4.09. The molecule has 0 saturated carbocycles. The van der Waals surface area contributed by atoms with Gasteiger partial charge in [-0.15, -0.1) is 0 Å². The fraction of sp³-hybridized carbons (Fsp3) is 0.450. The van der Waals surface area contributed by atoms with Gasteiger partial charge in [-0.05, 0) is 51.8 Å². The van der Waals surface area contributed by atoms with Crippen LogP contribution in [0.4, 0.5) is 0 Å². The van der Waals surface area contributed by atoms with Crippen molar-refractivity contribution in [1.82, 2.24) is 9.29 Å². The van der Waals surface area contributed by atoms with Gasteiger partial charge in [0.15, 0.2) is 0 Å². The predicted molar refractivity (Wildman–Crippen MR) is 102 cm³/mol. The molecule has 1 aromatic heterocycles. The van der Waals surface area contributed by atoms with E-state index in [2.05, 4.69) is 4.98 Å². The summed E-state index contributed by atoms with van der Waals surface area (Å²) < 4.78 is 34.0. The number of piperidine rings is 1. The molecule has 0 unspecified atom stereocenters. The number of aryl methyl sites for hydroxylation is 1. The molecule has 0 aliphatic carbocycles. The van der Waals surface area contributed by atoms with E-state index < -0.39 is 10.0 Å². The second-order valence-corrected chi connectivity index (χ2v) is 8.90. The fourth-order valence-corrected chi connectivity index (χ4v) is 5.00. The van der Waals surface area contributed by atoms with Crippen LogP contribution in [0.15, 0.2) is 47.5 Å². The molecule has 0 N–H and O–H groups in total. The molecule has 1 aliphatic rings. The van der Waals surface area contributed by atoms with E-state index in [-0.39, 0.29) is 12.1 Å². The summed E-state index contributed by atoms with van der Waals surface area (Å²) in [7, 11) is -3.57.